The maximum absolute atomic E-state index is 13.7. The first-order chi connectivity index (χ1) is 21.2. The van der Waals surface area contributed by atoms with Gasteiger partial charge in [0.1, 0.15) is 29.6 Å². The molecule has 12 nitrogen and oxygen atoms in total. The molecule has 44 heavy (non-hydrogen) atoms. The van der Waals surface area contributed by atoms with E-state index in [1.807, 2.05) is 6.92 Å². The van der Waals surface area contributed by atoms with Gasteiger partial charge in [-0.05, 0) is 73.2 Å². The molecule has 230 valence electrons. The molecule has 0 aliphatic rings. The van der Waals surface area contributed by atoms with Crippen LogP contribution in [0.25, 0.3) is 0 Å². The second kappa shape index (κ2) is 14.7. The first kappa shape index (κ1) is 31.6. The Kier molecular flexibility index (Phi) is 10.6. The van der Waals surface area contributed by atoms with E-state index in [0.29, 0.717) is 22.8 Å². The van der Waals surface area contributed by atoms with Crippen LogP contribution < -0.4 is 29.3 Å². The third-order valence-corrected chi connectivity index (χ3v) is 8.02. The van der Waals surface area contributed by atoms with Crippen LogP contribution in [0.5, 0.6) is 17.2 Å². The zero-order valence-corrected chi connectivity index (χ0v) is 25.2. The number of nitrogens with zero attached hydrogens (tertiary/aromatic N) is 2. The molecule has 2 amide bonds. The fourth-order valence-corrected chi connectivity index (χ4v) is 5.35. The number of furan rings is 1. The number of hydrogen-bond donors (Lipinski definition) is 2. The van der Waals surface area contributed by atoms with E-state index in [9.17, 15) is 18.0 Å². The number of carbonyl (C=O) groups is 2. The summed E-state index contributed by atoms with van der Waals surface area (Å²) in [6.07, 6.45) is 2.92. The van der Waals surface area contributed by atoms with Crippen molar-refractivity contribution in [2.24, 2.45) is 5.10 Å². The molecule has 0 spiro atoms. The normalized spacial score (nSPS) is 11.2. The first-order valence-corrected chi connectivity index (χ1v) is 14.8. The minimum absolute atomic E-state index is 0.00888. The zero-order valence-electron chi connectivity index (χ0n) is 24.4. The van der Waals surface area contributed by atoms with Crippen molar-refractivity contribution in [3.63, 3.8) is 0 Å². The summed E-state index contributed by atoms with van der Waals surface area (Å²) in [7, 11) is -1.30. The van der Waals surface area contributed by atoms with E-state index < -0.39 is 22.5 Å². The van der Waals surface area contributed by atoms with Gasteiger partial charge in [-0.15, -0.1) is 0 Å². The average Bonchev–Trinajstić information content (AvgIpc) is 3.56. The molecule has 2 N–H and O–H groups in total. The van der Waals surface area contributed by atoms with Gasteiger partial charge < -0.3 is 23.9 Å². The highest BCUT2D eigenvalue weighted by Crippen LogP contribution is 2.35. The van der Waals surface area contributed by atoms with Crippen molar-refractivity contribution in [2.45, 2.75) is 18.4 Å². The fraction of sp³-hybridized carbons (Fsp3) is 0.194. The summed E-state index contributed by atoms with van der Waals surface area (Å²) in [6.45, 7) is 1.35. The molecule has 0 unspecified atom stereocenters. The van der Waals surface area contributed by atoms with Gasteiger partial charge in [-0.2, -0.15) is 5.10 Å². The second-order valence-corrected chi connectivity index (χ2v) is 11.2. The summed E-state index contributed by atoms with van der Waals surface area (Å²) in [5.41, 5.74) is 4.03. The van der Waals surface area contributed by atoms with Crippen LogP contribution in [0.15, 0.2) is 99.5 Å². The van der Waals surface area contributed by atoms with Crippen LogP contribution in [0, 0.1) is 6.92 Å². The minimum Gasteiger partial charge on any atom is -0.497 e. The Balaban J connectivity index is 1.40. The van der Waals surface area contributed by atoms with Crippen molar-refractivity contribution >= 4 is 33.7 Å². The second-order valence-electron chi connectivity index (χ2n) is 9.37. The first-order valence-electron chi connectivity index (χ1n) is 13.3. The predicted molar refractivity (Wildman–Crippen MR) is 163 cm³/mol. The van der Waals surface area contributed by atoms with Crippen molar-refractivity contribution in [3.05, 3.63) is 102 Å². The lowest BCUT2D eigenvalue weighted by molar-refractivity contribution is -0.123. The highest BCUT2D eigenvalue weighted by atomic mass is 32.2. The van der Waals surface area contributed by atoms with Crippen LogP contribution in [-0.4, -0.2) is 53.8 Å². The van der Waals surface area contributed by atoms with E-state index in [2.05, 4.69) is 15.8 Å². The molecular weight excluding hydrogens is 588 g/mol. The van der Waals surface area contributed by atoms with E-state index in [1.165, 1.54) is 51.0 Å². The lowest BCUT2D eigenvalue weighted by Crippen LogP contribution is -2.39. The number of rotatable bonds is 14. The van der Waals surface area contributed by atoms with Crippen LogP contribution in [0.3, 0.4) is 0 Å². The number of carbonyl (C=O) groups excluding carboxylic acids is 2. The molecule has 0 aliphatic carbocycles. The van der Waals surface area contributed by atoms with Crippen LogP contribution in [0.4, 0.5) is 5.69 Å². The van der Waals surface area contributed by atoms with Crippen molar-refractivity contribution in [3.8, 4) is 17.2 Å². The summed E-state index contributed by atoms with van der Waals surface area (Å²) in [5, 5.41) is 6.65. The number of hydrazone groups is 1. The minimum atomic E-state index is -4.17. The summed E-state index contributed by atoms with van der Waals surface area (Å²) in [4.78, 5) is 24.9. The highest BCUT2D eigenvalue weighted by Gasteiger charge is 2.29. The summed E-state index contributed by atoms with van der Waals surface area (Å²) in [5.74, 6) is 0.765. The highest BCUT2D eigenvalue weighted by molar-refractivity contribution is 7.92. The lowest BCUT2D eigenvalue weighted by Gasteiger charge is -2.25. The Labute approximate surface area is 255 Å². The van der Waals surface area contributed by atoms with Crippen LogP contribution in [0.2, 0.25) is 0 Å². The quantitative estimate of drug-likeness (QED) is 0.160. The van der Waals surface area contributed by atoms with Gasteiger partial charge in [-0.25, -0.2) is 13.8 Å². The number of amides is 2. The number of ether oxygens (including phenoxy) is 3. The average molecular weight is 621 g/mol. The van der Waals surface area contributed by atoms with Gasteiger partial charge in [0.25, 0.3) is 21.8 Å². The fourth-order valence-electron chi connectivity index (χ4n) is 3.92. The van der Waals surface area contributed by atoms with Crippen molar-refractivity contribution in [2.75, 3.05) is 31.7 Å². The molecule has 0 saturated carbocycles. The lowest BCUT2D eigenvalue weighted by atomic mass is 10.2. The molecule has 0 atom stereocenters. The van der Waals surface area contributed by atoms with Crippen molar-refractivity contribution in [1.82, 2.24) is 10.7 Å². The number of aryl methyl sites for hydroxylation is 1. The van der Waals surface area contributed by atoms with E-state index in [-0.39, 0.29) is 35.4 Å². The van der Waals surface area contributed by atoms with Gasteiger partial charge >= 0.3 is 0 Å². The molecule has 0 fully saturated rings. The number of sulfonamides is 1. The van der Waals surface area contributed by atoms with Gasteiger partial charge in [-0.1, -0.05) is 17.7 Å². The van der Waals surface area contributed by atoms with Gasteiger partial charge in [0.05, 0.1) is 43.8 Å². The third kappa shape index (κ3) is 8.38. The molecule has 4 aromatic rings. The Morgan fingerprint density at radius 1 is 0.932 bits per heavy atom. The molecule has 0 saturated heterocycles. The Hall–Kier alpha value is -5.30. The smallest absolute Gasteiger partial charge is 0.264 e. The van der Waals surface area contributed by atoms with Gasteiger partial charge in [0.2, 0.25) is 0 Å². The summed E-state index contributed by atoms with van der Waals surface area (Å²) < 4.78 is 49.7. The molecule has 1 heterocycles. The van der Waals surface area contributed by atoms with Crippen molar-refractivity contribution < 1.29 is 36.6 Å². The Morgan fingerprint density at radius 3 is 2.32 bits per heavy atom. The summed E-state index contributed by atoms with van der Waals surface area (Å²) in [6, 6.07) is 21.1. The third-order valence-electron chi connectivity index (χ3n) is 6.24. The largest absolute Gasteiger partial charge is 0.497 e. The number of methoxy groups -OCH3 is 2. The predicted octanol–water partition coefficient (Wildman–Crippen LogP) is 3.65. The monoisotopic (exact) mass is 620 g/mol. The Morgan fingerprint density at radius 2 is 1.66 bits per heavy atom. The maximum Gasteiger partial charge on any atom is 0.264 e. The van der Waals surface area contributed by atoms with E-state index in [0.717, 1.165) is 9.87 Å². The number of hydrogen-bond acceptors (Lipinski definition) is 9. The number of anilines is 1. The van der Waals surface area contributed by atoms with Crippen LogP contribution >= 0.6 is 0 Å². The molecule has 0 radical (unpaired) electrons. The molecule has 1 aromatic heterocycles. The number of benzene rings is 3. The molecule has 3 aromatic carbocycles. The molecular formula is C31H32N4O8S. The van der Waals surface area contributed by atoms with Crippen LogP contribution in [0.1, 0.15) is 16.9 Å². The summed E-state index contributed by atoms with van der Waals surface area (Å²) >= 11 is 0. The van der Waals surface area contributed by atoms with Crippen molar-refractivity contribution in [1.29, 1.82) is 0 Å². The van der Waals surface area contributed by atoms with Gasteiger partial charge in [0.15, 0.2) is 6.61 Å². The van der Waals surface area contributed by atoms with E-state index >= 15 is 0 Å². The van der Waals surface area contributed by atoms with E-state index in [4.69, 9.17) is 18.6 Å². The molecule has 4 rings (SSSR count). The van der Waals surface area contributed by atoms with E-state index in [1.54, 1.807) is 54.6 Å². The van der Waals surface area contributed by atoms with Gasteiger partial charge in [-0.3, -0.25) is 13.9 Å². The zero-order chi connectivity index (χ0) is 31.5. The topological polar surface area (TPSA) is 149 Å². The van der Waals surface area contributed by atoms with Gasteiger partial charge in [0, 0.05) is 6.07 Å². The van der Waals surface area contributed by atoms with Crippen LogP contribution in [-0.2, 0) is 26.2 Å². The SMILES string of the molecule is COc1ccc(N(CC(=O)N/N=C\c2ccc(OCC(=O)NCc3ccco3)cc2)S(=O)(=O)c2ccc(C)cc2)c(OC)c1. The Bertz CT molecular complexity index is 1690. The molecule has 0 bridgehead atoms. The maximum atomic E-state index is 13.7. The number of nitrogens with one attached hydrogen (secondary N) is 2. The molecule has 0 aliphatic heterocycles. The molecule has 13 heteroatoms. The standard InChI is InChI=1S/C31H32N4O8S/c1-22-6-13-27(14-7-22)44(38,39)35(28-15-12-25(40-2)17-29(28)41-3)20-30(36)34-33-18-23-8-10-24(11-9-23)43-21-31(37)32-19-26-5-4-16-42-26/h4-18H,19-21H2,1-3H3,(H,32,37)(H,34,36)/b33-18-.